The lowest BCUT2D eigenvalue weighted by Crippen LogP contribution is -2.36. The Morgan fingerprint density at radius 1 is 1.12 bits per heavy atom. The highest BCUT2D eigenvalue weighted by Gasteiger charge is 2.28. The van der Waals surface area contributed by atoms with Crippen molar-refractivity contribution in [2.75, 3.05) is 11.9 Å². The fourth-order valence-corrected chi connectivity index (χ4v) is 4.28. The van der Waals surface area contributed by atoms with Gasteiger partial charge < -0.3 is 5.32 Å². The number of rotatable bonds is 4. The van der Waals surface area contributed by atoms with Gasteiger partial charge in [0, 0.05) is 24.7 Å². The minimum atomic E-state index is -3.69. The molecule has 1 aliphatic heterocycles. The van der Waals surface area contributed by atoms with E-state index in [4.69, 9.17) is 0 Å². The van der Waals surface area contributed by atoms with Gasteiger partial charge in [0.25, 0.3) is 0 Å². The van der Waals surface area contributed by atoms with Gasteiger partial charge in [0.1, 0.15) is 5.82 Å². The summed E-state index contributed by atoms with van der Waals surface area (Å²) < 4.78 is 40.1. The molecule has 0 radical (unpaired) electrons. The molecule has 26 heavy (non-hydrogen) atoms. The molecule has 1 aliphatic rings. The monoisotopic (exact) mass is 376 g/mol. The molecule has 138 valence electrons. The van der Waals surface area contributed by atoms with Crippen molar-refractivity contribution in [3.8, 4) is 0 Å². The zero-order chi connectivity index (χ0) is 18.9. The maximum absolute atomic E-state index is 13.1. The molecule has 0 aromatic heterocycles. The molecule has 0 atom stereocenters. The Morgan fingerprint density at radius 3 is 2.46 bits per heavy atom. The minimum absolute atomic E-state index is 0.0756. The lowest BCUT2D eigenvalue weighted by Gasteiger charge is -2.28. The van der Waals surface area contributed by atoms with Gasteiger partial charge in [-0.3, -0.25) is 4.79 Å². The summed E-state index contributed by atoms with van der Waals surface area (Å²) in [4.78, 5) is 11.9. The van der Waals surface area contributed by atoms with Gasteiger partial charge in [0.05, 0.1) is 4.90 Å². The number of hydrogen-bond acceptors (Lipinski definition) is 3. The predicted molar refractivity (Wildman–Crippen MR) is 97.6 cm³/mol. The molecule has 2 aromatic carbocycles. The van der Waals surface area contributed by atoms with E-state index in [1.54, 1.807) is 0 Å². The van der Waals surface area contributed by atoms with Crippen LogP contribution in [0.4, 0.5) is 10.1 Å². The fraction of sp³-hybridized carbons (Fsp3) is 0.316. The number of benzene rings is 2. The fourth-order valence-electron chi connectivity index (χ4n) is 2.86. The number of amides is 1. The predicted octanol–water partition coefficient (Wildman–Crippen LogP) is 3.17. The van der Waals surface area contributed by atoms with Gasteiger partial charge >= 0.3 is 0 Å². The van der Waals surface area contributed by atoms with Crippen LogP contribution in [0, 0.1) is 11.7 Å². The first-order chi connectivity index (χ1) is 12.3. The van der Waals surface area contributed by atoms with Crippen molar-refractivity contribution in [2.24, 2.45) is 5.92 Å². The maximum atomic E-state index is 13.1. The van der Waals surface area contributed by atoms with Crippen LogP contribution in [0.2, 0.25) is 0 Å². The SMILES string of the molecule is CC(C)C(=O)Nc1ccc2c(c1)CN(S(=O)(=O)c1ccc(F)cc1)CC2. The third-order valence-electron chi connectivity index (χ3n) is 4.43. The highest BCUT2D eigenvalue weighted by Crippen LogP contribution is 2.27. The van der Waals surface area contributed by atoms with Gasteiger partial charge in [-0.1, -0.05) is 19.9 Å². The van der Waals surface area contributed by atoms with Crippen molar-refractivity contribution in [1.82, 2.24) is 4.31 Å². The average molecular weight is 376 g/mol. The van der Waals surface area contributed by atoms with E-state index in [-0.39, 0.29) is 23.3 Å². The Hall–Kier alpha value is -2.25. The van der Waals surface area contributed by atoms with Crippen molar-refractivity contribution in [1.29, 1.82) is 0 Å². The minimum Gasteiger partial charge on any atom is -0.326 e. The Morgan fingerprint density at radius 2 is 1.81 bits per heavy atom. The third kappa shape index (κ3) is 3.78. The second kappa shape index (κ2) is 7.17. The molecule has 1 amide bonds. The third-order valence-corrected chi connectivity index (χ3v) is 6.29. The van der Waals surface area contributed by atoms with Crippen LogP contribution < -0.4 is 5.32 Å². The summed E-state index contributed by atoms with van der Waals surface area (Å²) in [5.74, 6) is -0.698. The number of anilines is 1. The highest BCUT2D eigenvalue weighted by atomic mass is 32.2. The quantitative estimate of drug-likeness (QED) is 0.891. The normalized spacial score (nSPS) is 14.9. The van der Waals surface area contributed by atoms with Crippen molar-refractivity contribution in [3.05, 3.63) is 59.4 Å². The summed E-state index contributed by atoms with van der Waals surface area (Å²) in [6, 6.07) is 10.4. The Bertz CT molecular complexity index is 924. The standard InChI is InChI=1S/C19H21FN2O3S/c1-13(2)19(23)21-17-6-3-14-9-10-22(12-15(14)11-17)26(24,25)18-7-4-16(20)5-8-18/h3-8,11,13H,9-10,12H2,1-2H3,(H,21,23). The van der Waals surface area contributed by atoms with Gasteiger partial charge in [0.15, 0.2) is 0 Å². The van der Waals surface area contributed by atoms with Crippen LogP contribution in [0.25, 0.3) is 0 Å². The second-order valence-corrected chi connectivity index (χ2v) is 8.61. The Balaban J connectivity index is 1.84. The average Bonchev–Trinajstić information content (AvgIpc) is 2.61. The lowest BCUT2D eigenvalue weighted by molar-refractivity contribution is -0.118. The first-order valence-electron chi connectivity index (χ1n) is 8.46. The largest absolute Gasteiger partial charge is 0.326 e. The van der Waals surface area contributed by atoms with Crippen molar-refractivity contribution in [3.63, 3.8) is 0 Å². The van der Waals surface area contributed by atoms with Gasteiger partial charge in [-0.05, 0) is 53.9 Å². The molecule has 2 aromatic rings. The van der Waals surface area contributed by atoms with Crippen LogP contribution in [0.1, 0.15) is 25.0 Å². The number of nitrogens with zero attached hydrogens (tertiary/aromatic N) is 1. The molecule has 1 N–H and O–H groups in total. The van der Waals surface area contributed by atoms with E-state index in [1.165, 1.54) is 16.4 Å². The van der Waals surface area contributed by atoms with Gasteiger partial charge in [-0.25, -0.2) is 12.8 Å². The molecule has 0 aliphatic carbocycles. The molecular weight excluding hydrogens is 355 g/mol. The van der Waals surface area contributed by atoms with E-state index < -0.39 is 15.8 Å². The molecule has 0 saturated carbocycles. The molecule has 0 saturated heterocycles. The van der Waals surface area contributed by atoms with Crippen molar-refractivity contribution >= 4 is 21.6 Å². The van der Waals surface area contributed by atoms with Crippen LogP contribution in [0.3, 0.4) is 0 Å². The molecule has 0 fully saturated rings. The van der Waals surface area contributed by atoms with E-state index in [2.05, 4.69) is 5.32 Å². The molecular formula is C19H21FN2O3S. The van der Waals surface area contributed by atoms with Crippen LogP contribution in [-0.2, 0) is 27.8 Å². The number of nitrogens with one attached hydrogen (secondary N) is 1. The molecule has 0 spiro atoms. The van der Waals surface area contributed by atoms with E-state index in [9.17, 15) is 17.6 Å². The number of carbonyl (C=O) groups is 1. The maximum Gasteiger partial charge on any atom is 0.243 e. The van der Waals surface area contributed by atoms with Gasteiger partial charge in [0.2, 0.25) is 15.9 Å². The van der Waals surface area contributed by atoms with Crippen molar-refractivity contribution in [2.45, 2.75) is 31.7 Å². The number of halogens is 1. The molecule has 0 bridgehead atoms. The molecule has 0 unspecified atom stereocenters. The van der Waals surface area contributed by atoms with E-state index in [0.29, 0.717) is 18.7 Å². The van der Waals surface area contributed by atoms with Crippen LogP contribution >= 0.6 is 0 Å². The summed E-state index contributed by atoms with van der Waals surface area (Å²) in [5, 5.41) is 2.83. The smallest absolute Gasteiger partial charge is 0.243 e. The summed E-state index contributed by atoms with van der Waals surface area (Å²) >= 11 is 0. The Labute approximate surface area is 152 Å². The van der Waals surface area contributed by atoms with Gasteiger partial charge in [-0.15, -0.1) is 0 Å². The van der Waals surface area contributed by atoms with Crippen molar-refractivity contribution < 1.29 is 17.6 Å². The molecule has 5 nitrogen and oxygen atoms in total. The number of fused-ring (bicyclic) bond motifs is 1. The number of hydrogen-bond donors (Lipinski definition) is 1. The molecule has 7 heteroatoms. The summed E-state index contributed by atoms with van der Waals surface area (Å²) in [7, 11) is -3.69. The van der Waals surface area contributed by atoms with E-state index in [0.717, 1.165) is 23.3 Å². The highest BCUT2D eigenvalue weighted by molar-refractivity contribution is 7.89. The zero-order valence-electron chi connectivity index (χ0n) is 14.7. The zero-order valence-corrected chi connectivity index (χ0v) is 15.5. The molecule has 1 heterocycles. The van der Waals surface area contributed by atoms with Gasteiger partial charge in [-0.2, -0.15) is 4.31 Å². The van der Waals surface area contributed by atoms with Crippen LogP contribution in [-0.4, -0.2) is 25.2 Å². The first-order valence-corrected chi connectivity index (χ1v) is 9.90. The summed E-state index contributed by atoms with van der Waals surface area (Å²) in [6.45, 7) is 4.21. The molecule has 3 rings (SSSR count). The topological polar surface area (TPSA) is 66.5 Å². The van der Waals surface area contributed by atoms with E-state index >= 15 is 0 Å². The lowest BCUT2D eigenvalue weighted by atomic mass is 10.0. The van der Waals surface area contributed by atoms with E-state index in [1.807, 2.05) is 32.0 Å². The summed E-state index contributed by atoms with van der Waals surface area (Å²) in [6.07, 6.45) is 0.591. The summed E-state index contributed by atoms with van der Waals surface area (Å²) in [5.41, 5.74) is 2.59. The van der Waals surface area contributed by atoms with Crippen LogP contribution in [0.15, 0.2) is 47.4 Å². The van der Waals surface area contributed by atoms with Crippen LogP contribution in [0.5, 0.6) is 0 Å². The number of carbonyl (C=O) groups excluding carboxylic acids is 1. The number of sulfonamides is 1. The second-order valence-electron chi connectivity index (χ2n) is 6.67. The Kier molecular flexibility index (Phi) is 5.11. The first kappa shape index (κ1) is 18.5.